The van der Waals surface area contributed by atoms with Crippen LogP contribution >= 0.6 is 0 Å². The number of benzene rings is 2. The van der Waals surface area contributed by atoms with Crippen molar-refractivity contribution >= 4 is 17.3 Å². The second kappa shape index (κ2) is 9.87. The van der Waals surface area contributed by atoms with E-state index in [1.165, 1.54) is 0 Å². The van der Waals surface area contributed by atoms with Crippen LogP contribution in [0.3, 0.4) is 0 Å². The Balaban J connectivity index is 1.86. The number of carbonyl (C=O) groups excluding carboxylic acids is 1. The average molecular weight is 411 g/mol. The SMILES string of the molecule is COCc1ccc(CNC(=O)CCNc2ccc(C(F)(F)F)cc2[N+](=O)[O-])cc1. The van der Waals surface area contributed by atoms with Gasteiger partial charge >= 0.3 is 6.18 Å². The second-order valence-corrected chi connectivity index (χ2v) is 6.19. The number of hydrogen-bond donors (Lipinski definition) is 2. The number of nitro groups is 1. The van der Waals surface area contributed by atoms with E-state index in [2.05, 4.69) is 10.6 Å². The van der Waals surface area contributed by atoms with Crippen LogP contribution in [0.4, 0.5) is 24.5 Å². The van der Waals surface area contributed by atoms with Gasteiger partial charge in [-0.05, 0) is 23.3 Å². The molecule has 0 fully saturated rings. The second-order valence-electron chi connectivity index (χ2n) is 6.19. The van der Waals surface area contributed by atoms with Crippen molar-refractivity contribution in [3.8, 4) is 0 Å². The Kier molecular flexibility index (Phi) is 7.54. The highest BCUT2D eigenvalue weighted by molar-refractivity contribution is 5.76. The first-order valence-corrected chi connectivity index (χ1v) is 8.63. The molecule has 0 aliphatic rings. The number of anilines is 1. The maximum Gasteiger partial charge on any atom is 0.416 e. The summed E-state index contributed by atoms with van der Waals surface area (Å²) < 4.78 is 43.1. The van der Waals surface area contributed by atoms with Gasteiger partial charge in [0, 0.05) is 32.7 Å². The van der Waals surface area contributed by atoms with Gasteiger partial charge in [0.05, 0.1) is 17.1 Å². The fraction of sp³-hybridized carbons (Fsp3) is 0.316. The van der Waals surface area contributed by atoms with Gasteiger partial charge in [-0.3, -0.25) is 14.9 Å². The highest BCUT2D eigenvalue weighted by Gasteiger charge is 2.33. The Labute approximate surface area is 165 Å². The molecule has 7 nitrogen and oxygen atoms in total. The van der Waals surface area contributed by atoms with E-state index in [1.807, 2.05) is 24.3 Å². The van der Waals surface area contributed by atoms with Crippen molar-refractivity contribution in [2.75, 3.05) is 19.0 Å². The highest BCUT2D eigenvalue weighted by atomic mass is 19.4. The average Bonchev–Trinajstić information content (AvgIpc) is 2.67. The molecule has 0 aliphatic heterocycles. The van der Waals surface area contributed by atoms with E-state index in [0.29, 0.717) is 19.2 Å². The molecule has 0 aliphatic carbocycles. The van der Waals surface area contributed by atoms with Crippen LogP contribution in [0.2, 0.25) is 0 Å². The minimum atomic E-state index is -4.68. The molecule has 0 atom stereocenters. The van der Waals surface area contributed by atoms with E-state index < -0.39 is 22.4 Å². The van der Waals surface area contributed by atoms with E-state index >= 15 is 0 Å². The number of rotatable bonds is 9. The van der Waals surface area contributed by atoms with Crippen LogP contribution in [0.1, 0.15) is 23.1 Å². The third-order valence-electron chi connectivity index (χ3n) is 4.01. The number of hydrogen-bond acceptors (Lipinski definition) is 5. The number of methoxy groups -OCH3 is 1. The maximum absolute atomic E-state index is 12.7. The topological polar surface area (TPSA) is 93.5 Å². The van der Waals surface area contributed by atoms with Crippen molar-refractivity contribution in [3.63, 3.8) is 0 Å². The predicted octanol–water partition coefficient (Wildman–Crippen LogP) is 3.88. The van der Waals surface area contributed by atoms with Gasteiger partial charge in [0.25, 0.3) is 5.69 Å². The van der Waals surface area contributed by atoms with Crippen molar-refractivity contribution in [1.82, 2.24) is 5.32 Å². The molecule has 0 saturated carbocycles. The summed E-state index contributed by atoms with van der Waals surface area (Å²) >= 11 is 0. The zero-order valence-corrected chi connectivity index (χ0v) is 15.6. The lowest BCUT2D eigenvalue weighted by atomic mass is 10.1. The fourth-order valence-corrected chi connectivity index (χ4v) is 2.53. The summed E-state index contributed by atoms with van der Waals surface area (Å²) in [6.45, 7) is 0.839. The lowest BCUT2D eigenvalue weighted by Gasteiger charge is -2.11. The number of carbonyl (C=O) groups is 1. The summed E-state index contributed by atoms with van der Waals surface area (Å²) in [6, 6.07) is 9.70. The number of alkyl halides is 3. The van der Waals surface area contributed by atoms with Gasteiger partial charge < -0.3 is 15.4 Å². The first kappa shape index (κ1) is 22.2. The third kappa shape index (κ3) is 6.75. The van der Waals surface area contributed by atoms with Gasteiger partial charge in [0.1, 0.15) is 5.69 Å². The Morgan fingerprint density at radius 2 is 1.79 bits per heavy atom. The van der Waals surface area contributed by atoms with E-state index in [9.17, 15) is 28.1 Å². The molecule has 0 bridgehead atoms. The molecule has 2 N–H and O–H groups in total. The number of nitrogens with zero attached hydrogens (tertiary/aromatic N) is 1. The molecular weight excluding hydrogens is 391 g/mol. The zero-order valence-electron chi connectivity index (χ0n) is 15.6. The van der Waals surface area contributed by atoms with Crippen molar-refractivity contribution in [3.05, 3.63) is 69.3 Å². The lowest BCUT2D eigenvalue weighted by Crippen LogP contribution is -2.25. The van der Waals surface area contributed by atoms with Crippen molar-refractivity contribution in [2.24, 2.45) is 0 Å². The van der Waals surface area contributed by atoms with Crippen LogP contribution in [0.5, 0.6) is 0 Å². The summed E-state index contributed by atoms with van der Waals surface area (Å²) in [5.74, 6) is -0.298. The van der Waals surface area contributed by atoms with E-state index in [1.54, 1.807) is 7.11 Å². The zero-order chi connectivity index (χ0) is 21.4. The standard InChI is InChI=1S/C19H20F3N3O4/c1-29-12-14-4-2-13(3-5-14)11-24-18(26)8-9-23-16-7-6-15(19(20,21)22)10-17(16)25(27)28/h2-7,10,23H,8-9,11-12H2,1H3,(H,24,26). The number of nitrogens with one attached hydrogen (secondary N) is 2. The van der Waals surface area contributed by atoms with Gasteiger partial charge in [-0.25, -0.2) is 0 Å². The van der Waals surface area contributed by atoms with E-state index in [-0.39, 0.29) is 24.6 Å². The Morgan fingerprint density at radius 1 is 1.14 bits per heavy atom. The molecule has 156 valence electrons. The largest absolute Gasteiger partial charge is 0.416 e. The summed E-state index contributed by atoms with van der Waals surface area (Å²) in [5, 5.41) is 16.4. The van der Waals surface area contributed by atoms with E-state index in [4.69, 9.17) is 4.74 Å². The summed E-state index contributed by atoms with van der Waals surface area (Å²) in [7, 11) is 1.60. The summed E-state index contributed by atoms with van der Waals surface area (Å²) in [4.78, 5) is 22.1. The summed E-state index contributed by atoms with van der Waals surface area (Å²) in [6.07, 6.45) is -4.68. The molecule has 10 heteroatoms. The van der Waals surface area contributed by atoms with Gasteiger partial charge in [-0.2, -0.15) is 13.2 Å². The first-order chi connectivity index (χ1) is 13.7. The van der Waals surface area contributed by atoms with Crippen molar-refractivity contribution in [2.45, 2.75) is 25.7 Å². The quantitative estimate of drug-likeness (QED) is 0.483. The molecule has 29 heavy (non-hydrogen) atoms. The van der Waals surface area contributed by atoms with Crippen LogP contribution in [-0.2, 0) is 28.9 Å². The first-order valence-electron chi connectivity index (χ1n) is 8.63. The predicted molar refractivity (Wildman–Crippen MR) is 100 cm³/mol. The maximum atomic E-state index is 12.7. The molecular formula is C19H20F3N3O4. The van der Waals surface area contributed by atoms with Crippen LogP contribution in [0.15, 0.2) is 42.5 Å². The molecule has 2 aromatic rings. The van der Waals surface area contributed by atoms with E-state index in [0.717, 1.165) is 23.3 Å². The van der Waals surface area contributed by atoms with Crippen LogP contribution in [0, 0.1) is 10.1 Å². The van der Waals surface area contributed by atoms with Gasteiger partial charge in [-0.15, -0.1) is 0 Å². The van der Waals surface area contributed by atoms with Crippen LogP contribution in [0.25, 0.3) is 0 Å². The number of ether oxygens (including phenoxy) is 1. The smallest absolute Gasteiger partial charge is 0.380 e. The van der Waals surface area contributed by atoms with Gasteiger partial charge in [0.2, 0.25) is 5.91 Å². The Hall–Kier alpha value is -3.14. The molecule has 0 heterocycles. The highest BCUT2D eigenvalue weighted by Crippen LogP contribution is 2.34. The Morgan fingerprint density at radius 3 is 2.38 bits per heavy atom. The number of nitro benzene ring substituents is 1. The molecule has 0 unspecified atom stereocenters. The molecule has 2 aromatic carbocycles. The number of halogens is 3. The van der Waals surface area contributed by atoms with Gasteiger partial charge in [-0.1, -0.05) is 24.3 Å². The van der Waals surface area contributed by atoms with Crippen LogP contribution < -0.4 is 10.6 Å². The summed E-state index contributed by atoms with van der Waals surface area (Å²) in [5.41, 5.74) is 0.0133. The molecule has 0 spiro atoms. The molecule has 0 aromatic heterocycles. The minimum absolute atomic E-state index is 0.0000647. The molecule has 1 amide bonds. The monoisotopic (exact) mass is 411 g/mol. The van der Waals surface area contributed by atoms with Crippen molar-refractivity contribution in [1.29, 1.82) is 0 Å². The van der Waals surface area contributed by atoms with Gasteiger partial charge in [0.15, 0.2) is 0 Å². The Bertz CT molecular complexity index is 855. The molecule has 2 rings (SSSR count). The molecule has 0 radical (unpaired) electrons. The van der Waals surface area contributed by atoms with Crippen LogP contribution in [-0.4, -0.2) is 24.5 Å². The fourth-order valence-electron chi connectivity index (χ4n) is 2.53. The van der Waals surface area contributed by atoms with Crippen molar-refractivity contribution < 1.29 is 27.6 Å². The minimum Gasteiger partial charge on any atom is -0.380 e. The lowest BCUT2D eigenvalue weighted by molar-refractivity contribution is -0.384. The molecule has 0 saturated heterocycles. The normalized spacial score (nSPS) is 11.2. The number of amides is 1. The third-order valence-corrected chi connectivity index (χ3v) is 4.01.